The van der Waals surface area contributed by atoms with Gasteiger partial charge in [-0.05, 0) is 44.2 Å². The SMILES string of the molecule is CC(C)(F)[C@H]1OC[C@]2(c3cc(N)ccc3F)N=C(NC(=O)c3ccccc3)SC[C@]12C. The van der Waals surface area contributed by atoms with Crippen LogP contribution in [-0.2, 0) is 10.3 Å². The quantitative estimate of drug-likeness (QED) is 0.691. The van der Waals surface area contributed by atoms with Crippen molar-refractivity contribution >= 4 is 28.5 Å². The van der Waals surface area contributed by atoms with E-state index in [1.807, 2.05) is 13.0 Å². The lowest BCUT2D eigenvalue weighted by molar-refractivity contribution is -0.0466. The van der Waals surface area contributed by atoms with E-state index in [1.165, 1.54) is 43.8 Å². The number of alkyl halides is 1. The summed E-state index contributed by atoms with van der Waals surface area (Å²) >= 11 is 1.30. The van der Waals surface area contributed by atoms with E-state index in [0.29, 0.717) is 22.2 Å². The molecule has 2 heterocycles. The second kappa shape index (κ2) is 7.60. The first-order chi connectivity index (χ1) is 14.6. The molecule has 3 N–H and O–H groups in total. The molecule has 8 heteroatoms. The summed E-state index contributed by atoms with van der Waals surface area (Å²) in [6.45, 7) is 4.75. The average Bonchev–Trinajstić information content (AvgIpc) is 3.04. The molecule has 2 aromatic rings. The number of nitrogens with two attached hydrogens (primary N) is 1. The van der Waals surface area contributed by atoms with Crippen molar-refractivity contribution in [1.82, 2.24) is 5.32 Å². The lowest BCUT2D eigenvalue weighted by atomic mass is 9.64. The highest BCUT2D eigenvalue weighted by molar-refractivity contribution is 8.14. The van der Waals surface area contributed by atoms with Crippen molar-refractivity contribution in [2.75, 3.05) is 18.1 Å². The summed E-state index contributed by atoms with van der Waals surface area (Å²) in [5.41, 5.74) is 3.29. The van der Waals surface area contributed by atoms with E-state index in [-0.39, 0.29) is 18.1 Å². The van der Waals surface area contributed by atoms with Crippen molar-refractivity contribution in [2.24, 2.45) is 10.4 Å². The number of hydrogen-bond acceptors (Lipinski definition) is 5. The predicted octanol–water partition coefficient (Wildman–Crippen LogP) is 4.29. The van der Waals surface area contributed by atoms with E-state index in [2.05, 4.69) is 5.32 Å². The molecule has 0 spiro atoms. The number of anilines is 1. The number of fused-ring (bicyclic) bond motifs is 1. The third-order valence-electron chi connectivity index (χ3n) is 6.10. The summed E-state index contributed by atoms with van der Waals surface area (Å²) < 4.78 is 36.1. The predicted molar refractivity (Wildman–Crippen MR) is 119 cm³/mol. The van der Waals surface area contributed by atoms with Gasteiger partial charge in [-0.15, -0.1) is 0 Å². The standard InChI is InChI=1S/C23H25F2N3O2S/c1-21(2,25)19-22(3)13-31-20(27-18(29)14-7-5-4-6-8-14)28-23(22,12-30-19)16-11-15(26)9-10-17(16)24/h4-11,19H,12-13,26H2,1-3H3,(H,27,28,29)/t19-,22-,23-/m1/s1. The molecule has 2 aromatic carbocycles. The van der Waals surface area contributed by atoms with Crippen LogP contribution < -0.4 is 11.1 Å². The van der Waals surface area contributed by atoms with E-state index in [4.69, 9.17) is 15.5 Å². The zero-order valence-corrected chi connectivity index (χ0v) is 18.4. The van der Waals surface area contributed by atoms with Gasteiger partial charge in [0.1, 0.15) is 17.0 Å². The highest BCUT2D eigenvalue weighted by Crippen LogP contribution is 2.59. The molecule has 1 amide bonds. The monoisotopic (exact) mass is 445 g/mol. The fraction of sp³-hybridized carbons (Fsp3) is 0.391. The van der Waals surface area contributed by atoms with Crippen LogP contribution in [-0.4, -0.2) is 35.2 Å². The fourth-order valence-electron chi connectivity index (χ4n) is 4.63. The summed E-state index contributed by atoms with van der Waals surface area (Å²) in [5, 5.41) is 3.16. The zero-order valence-electron chi connectivity index (χ0n) is 17.6. The summed E-state index contributed by atoms with van der Waals surface area (Å²) in [4.78, 5) is 17.5. The Bertz CT molecular complexity index is 1040. The van der Waals surface area contributed by atoms with E-state index in [0.717, 1.165) is 0 Å². The molecule has 4 rings (SSSR count). The van der Waals surface area contributed by atoms with Gasteiger partial charge in [0, 0.05) is 28.0 Å². The number of aliphatic imine (C=N–C) groups is 1. The number of benzene rings is 2. The van der Waals surface area contributed by atoms with Crippen LogP contribution in [0.1, 0.15) is 36.7 Å². The second-order valence-corrected chi connectivity index (χ2v) is 9.76. The van der Waals surface area contributed by atoms with Crippen molar-refractivity contribution < 1.29 is 18.3 Å². The number of ether oxygens (including phenoxy) is 1. The van der Waals surface area contributed by atoms with Crippen LogP contribution in [0.3, 0.4) is 0 Å². The van der Waals surface area contributed by atoms with Gasteiger partial charge in [0.05, 0.1) is 12.7 Å². The number of carbonyl (C=O) groups excluding carboxylic acids is 1. The topological polar surface area (TPSA) is 76.7 Å². The third-order valence-corrected chi connectivity index (χ3v) is 7.31. The van der Waals surface area contributed by atoms with Crippen LogP contribution in [0.2, 0.25) is 0 Å². The number of hydrogen-bond donors (Lipinski definition) is 2. The second-order valence-electron chi connectivity index (χ2n) is 8.80. The van der Waals surface area contributed by atoms with Crippen molar-refractivity contribution in [1.29, 1.82) is 0 Å². The molecule has 1 fully saturated rings. The fourth-order valence-corrected chi connectivity index (χ4v) is 5.84. The minimum absolute atomic E-state index is 0.0207. The molecule has 0 aromatic heterocycles. The summed E-state index contributed by atoms with van der Waals surface area (Å²) in [5.74, 6) is -0.432. The molecule has 0 bridgehead atoms. The number of rotatable bonds is 3. The van der Waals surface area contributed by atoms with Crippen molar-refractivity contribution in [3.05, 3.63) is 65.5 Å². The molecule has 164 valence electrons. The van der Waals surface area contributed by atoms with Gasteiger partial charge in [-0.1, -0.05) is 36.9 Å². The number of nitrogen functional groups attached to an aromatic ring is 1. The number of carbonyl (C=O) groups is 1. The smallest absolute Gasteiger partial charge is 0.257 e. The van der Waals surface area contributed by atoms with Gasteiger partial charge in [-0.25, -0.2) is 13.8 Å². The van der Waals surface area contributed by atoms with Crippen molar-refractivity contribution in [2.45, 2.75) is 38.1 Å². The van der Waals surface area contributed by atoms with Gasteiger partial charge < -0.3 is 15.8 Å². The Balaban J connectivity index is 1.81. The molecule has 0 unspecified atom stereocenters. The minimum atomic E-state index is -1.67. The lowest BCUT2D eigenvalue weighted by Gasteiger charge is -2.47. The van der Waals surface area contributed by atoms with Gasteiger partial charge in [-0.3, -0.25) is 4.79 Å². The molecule has 2 aliphatic rings. The number of nitrogens with one attached hydrogen (secondary N) is 1. The molecule has 31 heavy (non-hydrogen) atoms. The number of amides is 1. The molecule has 2 aliphatic heterocycles. The highest BCUT2D eigenvalue weighted by atomic mass is 32.2. The Morgan fingerprint density at radius 1 is 1.29 bits per heavy atom. The van der Waals surface area contributed by atoms with E-state index in [1.54, 1.807) is 24.3 Å². The Morgan fingerprint density at radius 3 is 2.68 bits per heavy atom. The van der Waals surface area contributed by atoms with Crippen molar-refractivity contribution in [3.8, 4) is 0 Å². The normalized spacial score (nSPS) is 28.0. The number of amidine groups is 1. The van der Waals surface area contributed by atoms with Crippen LogP contribution in [0.4, 0.5) is 14.5 Å². The Hall–Kier alpha value is -2.45. The van der Waals surface area contributed by atoms with Gasteiger partial charge in [0.25, 0.3) is 5.91 Å². The maximum absolute atomic E-state index is 15.1. The van der Waals surface area contributed by atoms with Crippen LogP contribution in [0.5, 0.6) is 0 Å². The molecular formula is C23H25F2N3O2S. The van der Waals surface area contributed by atoms with Gasteiger partial charge in [-0.2, -0.15) is 0 Å². The molecule has 3 atom stereocenters. The Kier molecular flexibility index (Phi) is 5.34. The molecule has 0 aliphatic carbocycles. The minimum Gasteiger partial charge on any atom is -0.399 e. The lowest BCUT2D eigenvalue weighted by Crippen LogP contribution is -2.55. The molecule has 0 radical (unpaired) electrons. The highest BCUT2D eigenvalue weighted by Gasteiger charge is 2.66. The van der Waals surface area contributed by atoms with Gasteiger partial charge >= 0.3 is 0 Å². The van der Waals surface area contributed by atoms with Gasteiger partial charge in [0.2, 0.25) is 0 Å². The van der Waals surface area contributed by atoms with Gasteiger partial charge in [0.15, 0.2) is 5.17 Å². The zero-order chi connectivity index (χ0) is 22.4. The molecule has 5 nitrogen and oxygen atoms in total. The molecule has 1 saturated heterocycles. The maximum atomic E-state index is 15.1. The Labute approximate surface area is 184 Å². The largest absolute Gasteiger partial charge is 0.399 e. The van der Waals surface area contributed by atoms with Crippen LogP contribution >= 0.6 is 11.8 Å². The summed E-state index contributed by atoms with van der Waals surface area (Å²) in [6.07, 6.45) is -0.816. The first-order valence-electron chi connectivity index (χ1n) is 10.0. The Morgan fingerprint density at radius 2 is 2.00 bits per heavy atom. The average molecular weight is 446 g/mol. The molecule has 0 saturated carbocycles. The maximum Gasteiger partial charge on any atom is 0.257 e. The van der Waals surface area contributed by atoms with E-state index in [9.17, 15) is 4.79 Å². The van der Waals surface area contributed by atoms with E-state index < -0.39 is 28.5 Å². The first kappa shape index (κ1) is 21.8. The number of thioether (sulfide) groups is 1. The van der Waals surface area contributed by atoms with Crippen molar-refractivity contribution in [3.63, 3.8) is 0 Å². The van der Waals surface area contributed by atoms with Crippen LogP contribution in [0.15, 0.2) is 53.5 Å². The third kappa shape index (κ3) is 3.61. The summed E-state index contributed by atoms with van der Waals surface area (Å²) in [6, 6.07) is 13.0. The first-order valence-corrected chi connectivity index (χ1v) is 11.0. The molecular weight excluding hydrogens is 420 g/mol. The number of halogens is 2. The van der Waals surface area contributed by atoms with Crippen LogP contribution in [0.25, 0.3) is 0 Å². The van der Waals surface area contributed by atoms with Crippen LogP contribution in [0, 0.1) is 11.2 Å². The van der Waals surface area contributed by atoms with E-state index >= 15 is 8.78 Å². The number of nitrogens with zero attached hydrogens (tertiary/aromatic N) is 1. The summed E-state index contributed by atoms with van der Waals surface area (Å²) in [7, 11) is 0.